The van der Waals surface area contributed by atoms with Crippen LogP contribution in [0, 0.1) is 12.8 Å². The zero-order valence-electron chi connectivity index (χ0n) is 13.8. The van der Waals surface area contributed by atoms with Gasteiger partial charge in [0.1, 0.15) is 11.6 Å². The van der Waals surface area contributed by atoms with Crippen molar-refractivity contribution in [2.24, 2.45) is 13.0 Å². The minimum absolute atomic E-state index is 0.0108. The highest BCUT2D eigenvalue weighted by molar-refractivity contribution is 6.02. The van der Waals surface area contributed by atoms with Gasteiger partial charge in [0.2, 0.25) is 5.91 Å². The first kappa shape index (κ1) is 14.7. The average Bonchev–Trinajstić information content (AvgIpc) is 3.20. The number of nitrogens with one attached hydrogen (secondary N) is 2. The molecule has 0 bridgehead atoms. The average molecular weight is 325 g/mol. The molecule has 7 nitrogen and oxygen atoms in total. The van der Waals surface area contributed by atoms with Crippen LogP contribution < -0.4 is 10.1 Å². The van der Waals surface area contributed by atoms with E-state index in [0.717, 1.165) is 34.5 Å². The quantitative estimate of drug-likeness (QED) is 0.771. The fraction of sp³-hybridized carbons (Fsp3) is 0.353. The van der Waals surface area contributed by atoms with E-state index < -0.39 is 0 Å². The van der Waals surface area contributed by atoms with Crippen molar-refractivity contribution in [2.45, 2.75) is 19.3 Å². The molecule has 124 valence electrons. The van der Waals surface area contributed by atoms with Gasteiger partial charge in [-0.25, -0.2) is 4.68 Å². The van der Waals surface area contributed by atoms with E-state index in [1.807, 2.05) is 38.2 Å². The van der Waals surface area contributed by atoms with E-state index in [0.29, 0.717) is 5.82 Å². The monoisotopic (exact) mass is 325 g/mol. The number of aryl methyl sites for hydroxylation is 2. The highest BCUT2D eigenvalue weighted by Crippen LogP contribution is 2.48. The SMILES string of the molecule is COc1cccc([C@@H]2C[C@H]2C(=O)Nc2[nH]nc3c2c(C)nn3C)c1. The molecule has 2 N–H and O–H groups in total. The number of hydrogen-bond acceptors (Lipinski definition) is 4. The molecule has 0 radical (unpaired) electrons. The zero-order valence-corrected chi connectivity index (χ0v) is 13.8. The number of H-pyrrole nitrogens is 1. The first-order valence-corrected chi connectivity index (χ1v) is 7.91. The van der Waals surface area contributed by atoms with Gasteiger partial charge in [-0.2, -0.15) is 10.2 Å². The fourth-order valence-electron chi connectivity index (χ4n) is 3.26. The Morgan fingerprint density at radius 3 is 3.08 bits per heavy atom. The third-order valence-electron chi connectivity index (χ3n) is 4.61. The smallest absolute Gasteiger partial charge is 0.229 e. The van der Waals surface area contributed by atoms with Crippen LogP contribution in [0.15, 0.2) is 24.3 Å². The number of rotatable bonds is 4. The summed E-state index contributed by atoms with van der Waals surface area (Å²) in [6, 6.07) is 7.91. The maximum Gasteiger partial charge on any atom is 0.229 e. The lowest BCUT2D eigenvalue weighted by atomic mass is 10.1. The summed E-state index contributed by atoms with van der Waals surface area (Å²) in [6.45, 7) is 1.91. The molecule has 2 atom stereocenters. The molecular formula is C17H19N5O2. The van der Waals surface area contributed by atoms with E-state index in [1.165, 1.54) is 0 Å². The summed E-state index contributed by atoms with van der Waals surface area (Å²) in [5.41, 5.74) is 2.72. The fourth-order valence-corrected chi connectivity index (χ4v) is 3.26. The summed E-state index contributed by atoms with van der Waals surface area (Å²) in [4.78, 5) is 12.6. The second-order valence-corrected chi connectivity index (χ2v) is 6.22. The number of methoxy groups -OCH3 is 1. The molecule has 4 rings (SSSR count). The van der Waals surface area contributed by atoms with E-state index in [9.17, 15) is 4.79 Å². The van der Waals surface area contributed by atoms with Gasteiger partial charge in [0.25, 0.3) is 0 Å². The molecule has 3 aromatic rings. The zero-order chi connectivity index (χ0) is 16.8. The summed E-state index contributed by atoms with van der Waals surface area (Å²) < 4.78 is 6.96. The summed E-state index contributed by atoms with van der Waals surface area (Å²) in [6.07, 6.45) is 0.850. The number of amides is 1. The lowest BCUT2D eigenvalue weighted by molar-refractivity contribution is -0.117. The number of anilines is 1. The highest BCUT2D eigenvalue weighted by atomic mass is 16.5. The molecule has 1 aliphatic carbocycles. The molecule has 2 aromatic heterocycles. The van der Waals surface area contributed by atoms with Gasteiger partial charge in [0, 0.05) is 13.0 Å². The molecule has 1 saturated carbocycles. The molecule has 1 fully saturated rings. The van der Waals surface area contributed by atoms with Crippen LogP contribution in [0.2, 0.25) is 0 Å². The molecule has 0 spiro atoms. The molecule has 1 amide bonds. The molecule has 2 heterocycles. The number of ether oxygens (including phenoxy) is 1. The molecular weight excluding hydrogens is 306 g/mol. The van der Waals surface area contributed by atoms with E-state index in [-0.39, 0.29) is 17.7 Å². The molecule has 1 aromatic carbocycles. The molecule has 0 saturated heterocycles. The van der Waals surface area contributed by atoms with Crippen LogP contribution in [-0.4, -0.2) is 33.0 Å². The van der Waals surface area contributed by atoms with Crippen molar-refractivity contribution >= 4 is 22.8 Å². The molecule has 24 heavy (non-hydrogen) atoms. The number of fused-ring (bicyclic) bond motifs is 1. The van der Waals surface area contributed by atoms with Crippen molar-refractivity contribution in [2.75, 3.05) is 12.4 Å². The van der Waals surface area contributed by atoms with Crippen molar-refractivity contribution in [1.29, 1.82) is 0 Å². The standard InChI is InChI=1S/C17H19N5O2/c1-9-14-15(19-20-16(14)22(2)21-9)18-17(23)13-8-12(13)10-5-4-6-11(7-10)24-3/h4-7,12-13H,8H2,1-3H3,(H2,18,19,20,23)/t12-,13+/m0/s1. The van der Waals surface area contributed by atoms with Gasteiger partial charge in [-0.15, -0.1) is 0 Å². The number of aromatic nitrogens is 4. The lowest BCUT2D eigenvalue weighted by Crippen LogP contribution is -2.15. The Labute approximate surface area is 139 Å². The largest absolute Gasteiger partial charge is 0.497 e. The van der Waals surface area contributed by atoms with Gasteiger partial charge < -0.3 is 10.1 Å². The number of aromatic amines is 1. The summed E-state index contributed by atoms with van der Waals surface area (Å²) in [5, 5.41) is 15.3. The van der Waals surface area contributed by atoms with Crippen molar-refractivity contribution in [3.8, 4) is 5.75 Å². The molecule has 1 aliphatic rings. The van der Waals surface area contributed by atoms with Gasteiger partial charge in [0.05, 0.1) is 18.2 Å². The third kappa shape index (κ3) is 2.33. The van der Waals surface area contributed by atoms with Crippen molar-refractivity contribution in [3.05, 3.63) is 35.5 Å². The van der Waals surface area contributed by atoms with Gasteiger partial charge >= 0.3 is 0 Å². The molecule has 7 heteroatoms. The number of hydrogen-bond donors (Lipinski definition) is 2. The number of nitrogens with zero attached hydrogens (tertiary/aromatic N) is 3. The van der Waals surface area contributed by atoms with Crippen LogP contribution >= 0.6 is 0 Å². The Morgan fingerprint density at radius 1 is 1.46 bits per heavy atom. The second kappa shape index (κ2) is 5.36. The number of benzene rings is 1. The van der Waals surface area contributed by atoms with Gasteiger partial charge in [0.15, 0.2) is 5.65 Å². The minimum Gasteiger partial charge on any atom is -0.497 e. The third-order valence-corrected chi connectivity index (χ3v) is 4.61. The van der Waals surface area contributed by atoms with Crippen LogP contribution in [0.4, 0.5) is 5.82 Å². The Morgan fingerprint density at radius 2 is 2.29 bits per heavy atom. The van der Waals surface area contributed by atoms with Gasteiger partial charge in [-0.1, -0.05) is 12.1 Å². The number of carbonyl (C=O) groups excluding carboxylic acids is 1. The summed E-state index contributed by atoms with van der Waals surface area (Å²) in [7, 11) is 3.48. The Bertz CT molecular complexity index is 926. The Balaban J connectivity index is 1.51. The summed E-state index contributed by atoms with van der Waals surface area (Å²) >= 11 is 0. The Kier molecular flexibility index (Phi) is 3.30. The normalized spacial score (nSPS) is 19.5. The van der Waals surface area contributed by atoms with Crippen molar-refractivity contribution in [3.63, 3.8) is 0 Å². The maximum atomic E-state index is 12.6. The van der Waals surface area contributed by atoms with E-state index in [1.54, 1.807) is 11.8 Å². The lowest BCUT2D eigenvalue weighted by Gasteiger charge is -2.05. The van der Waals surface area contributed by atoms with E-state index in [2.05, 4.69) is 20.6 Å². The van der Waals surface area contributed by atoms with E-state index in [4.69, 9.17) is 4.74 Å². The van der Waals surface area contributed by atoms with Crippen LogP contribution in [0.3, 0.4) is 0 Å². The minimum atomic E-state index is -0.0209. The second-order valence-electron chi connectivity index (χ2n) is 6.22. The van der Waals surface area contributed by atoms with Crippen LogP contribution in [-0.2, 0) is 11.8 Å². The van der Waals surface area contributed by atoms with Crippen LogP contribution in [0.1, 0.15) is 23.6 Å². The first-order valence-electron chi connectivity index (χ1n) is 7.91. The van der Waals surface area contributed by atoms with Crippen molar-refractivity contribution in [1.82, 2.24) is 20.0 Å². The predicted octanol–water partition coefficient (Wildman–Crippen LogP) is 2.36. The van der Waals surface area contributed by atoms with Crippen LogP contribution in [0.25, 0.3) is 11.0 Å². The topological polar surface area (TPSA) is 84.8 Å². The van der Waals surface area contributed by atoms with Crippen LogP contribution in [0.5, 0.6) is 5.75 Å². The predicted molar refractivity (Wildman–Crippen MR) is 90.1 cm³/mol. The van der Waals surface area contributed by atoms with Crippen molar-refractivity contribution < 1.29 is 9.53 Å². The first-order chi connectivity index (χ1) is 11.6. The Hall–Kier alpha value is -2.83. The molecule has 0 aliphatic heterocycles. The number of carbonyl (C=O) groups is 1. The summed E-state index contributed by atoms with van der Waals surface area (Å²) in [5.74, 6) is 1.68. The van der Waals surface area contributed by atoms with Gasteiger partial charge in [-0.3, -0.25) is 9.89 Å². The van der Waals surface area contributed by atoms with E-state index >= 15 is 0 Å². The highest BCUT2D eigenvalue weighted by Gasteiger charge is 2.44. The van der Waals surface area contributed by atoms with Gasteiger partial charge in [-0.05, 0) is 37.0 Å². The maximum absolute atomic E-state index is 12.6. The molecule has 0 unspecified atom stereocenters.